The number of rotatable bonds is 5. The van der Waals surface area contributed by atoms with Crippen LogP contribution in [0.15, 0.2) is 48.2 Å². The number of amides is 2. The number of nitrogens with zero attached hydrogens (tertiary/aromatic N) is 5. The molecule has 11 nitrogen and oxygen atoms in total. The van der Waals surface area contributed by atoms with Crippen LogP contribution in [0.3, 0.4) is 0 Å². The Hall–Kier alpha value is -4.32. The van der Waals surface area contributed by atoms with E-state index in [1.54, 1.807) is 46.6 Å². The Bertz CT molecular complexity index is 1640. The molecule has 2 fully saturated rings. The van der Waals surface area contributed by atoms with E-state index in [2.05, 4.69) is 20.2 Å². The zero-order valence-corrected chi connectivity index (χ0v) is 24.9. The van der Waals surface area contributed by atoms with Gasteiger partial charge in [-0.15, -0.1) is 11.3 Å². The number of anilines is 2. The van der Waals surface area contributed by atoms with Crippen molar-refractivity contribution in [3.8, 4) is 17.4 Å². The fourth-order valence-electron chi connectivity index (χ4n) is 5.65. The molecule has 3 aromatic heterocycles. The summed E-state index contributed by atoms with van der Waals surface area (Å²) in [7, 11) is 1.58. The van der Waals surface area contributed by atoms with Crippen LogP contribution in [0.4, 0.5) is 16.2 Å². The van der Waals surface area contributed by atoms with E-state index in [-0.39, 0.29) is 28.3 Å². The first-order valence-corrected chi connectivity index (χ1v) is 14.7. The van der Waals surface area contributed by atoms with Gasteiger partial charge in [-0.1, -0.05) is 0 Å². The van der Waals surface area contributed by atoms with E-state index >= 15 is 0 Å². The number of thiazole rings is 1. The quantitative estimate of drug-likeness (QED) is 0.322. The van der Waals surface area contributed by atoms with Crippen molar-refractivity contribution >= 4 is 45.5 Å². The maximum atomic E-state index is 13.2. The Labute approximate surface area is 247 Å². The first-order valence-electron chi connectivity index (χ1n) is 13.9. The van der Waals surface area contributed by atoms with Crippen molar-refractivity contribution < 1.29 is 24.2 Å². The van der Waals surface area contributed by atoms with Crippen LogP contribution in [0.25, 0.3) is 16.6 Å². The predicted molar refractivity (Wildman–Crippen MR) is 161 cm³/mol. The molecule has 2 N–H and O–H groups in total. The van der Waals surface area contributed by atoms with E-state index in [9.17, 15) is 14.7 Å². The largest absolute Gasteiger partial charge is 0.497 e. The van der Waals surface area contributed by atoms with Crippen LogP contribution in [-0.2, 0) is 4.74 Å². The highest BCUT2D eigenvalue weighted by molar-refractivity contribution is 7.12. The van der Waals surface area contributed by atoms with Crippen LogP contribution in [0.2, 0.25) is 0 Å². The number of likely N-dealkylation sites (tertiary alicyclic amines) is 1. The van der Waals surface area contributed by atoms with Crippen molar-refractivity contribution in [1.82, 2.24) is 19.4 Å². The number of aromatic hydroxyl groups is 1. The van der Waals surface area contributed by atoms with Gasteiger partial charge in [0.2, 0.25) is 5.88 Å². The fourth-order valence-corrected chi connectivity index (χ4v) is 6.33. The number of hydrogen-bond acceptors (Lipinski definition) is 9. The van der Waals surface area contributed by atoms with Gasteiger partial charge in [0, 0.05) is 60.1 Å². The van der Waals surface area contributed by atoms with Gasteiger partial charge in [-0.2, -0.15) is 0 Å². The lowest BCUT2D eigenvalue weighted by Gasteiger charge is -2.54. The lowest BCUT2D eigenvalue weighted by atomic mass is 9.72. The highest BCUT2D eigenvalue weighted by Crippen LogP contribution is 2.43. The minimum absolute atomic E-state index is 0.0271. The molecule has 0 saturated carbocycles. The molecule has 2 aliphatic heterocycles. The van der Waals surface area contributed by atoms with Crippen molar-refractivity contribution in [1.29, 1.82) is 0 Å². The van der Waals surface area contributed by atoms with Gasteiger partial charge in [-0.25, -0.2) is 9.78 Å². The molecule has 4 aromatic rings. The lowest BCUT2D eigenvalue weighted by Crippen LogP contribution is -2.62. The zero-order valence-electron chi connectivity index (χ0n) is 24.1. The van der Waals surface area contributed by atoms with E-state index in [0.717, 1.165) is 37.0 Å². The summed E-state index contributed by atoms with van der Waals surface area (Å²) in [6, 6.07) is 7.35. The molecule has 0 unspecified atom stereocenters. The molecular formula is C30H34N6O5S. The Morgan fingerprint density at radius 1 is 1.14 bits per heavy atom. The highest BCUT2D eigenvalue weighted by Gasteiger charge is 2.48. The molecule has 42 heavy (non-hydrogen) atoms. The van der Waals surface area contributed by atoms with Gasteiger partial charge in [-0.05, 0) is 57.9 Å². The highest BCUT2D eigenvalue weighted by atomic mass is 32.1. The standard InChI is InChI=1S/C30H34N6O5S/c1-29(2,3)41-28(39)35-17-30(18-35)8-11-34(12-9-30)23-7-10-31-14-22(23)32-25(37)26-33-24(16-42-26)36-15-19-5-6-20(40-4)13-21(19)27(36)38/h5-7,10,13-16,38H,8-9,11-12,17-18H2,1-4H3,(H,32,37). The van der Waals surface area contributed by atoms with Crippen molar-refractivity contribution in [3.05, 3.63) is 53.2 Å². The first kappa shape index (κ1) is 27.8. The molecule has 2 saturated heterocycles. The van der Waals surface area contributed by atoms with Gasteiger partial charge in [-0.3, -0.25) is 14.3 Å². The summed E-state index contributed by atoms with van der Waals surface area (Å²) in [5.74, 6) is 0.769. The fraction of sp³-hybridized carbons (Fsp3) is 0.400. The SMILES string of the molecule is COc1ccc2cn(-c3csc(C(=O)Nc4cnccc4N4CCC5(CC4)CN(C(=O)OC(C)(C)C)C5)n3)c(O)c2c1. The van der Waals surface area contributed by atoms with Crippen molar-refractivity contribution in [2.75, 3.05) is 43.5 Å². The number of pyridine rings is 1. The van der Waals surface area contributed by atoms with Gasteiger partial charge in [0.05, 0.1) is 24.7 Å². The van der Waals surface area contributed by atoms with Crippen molar-refractivity contribution in [3.63, 3.8) is 0 Å². The normalized spacial score (nSPS) is 16.4. The monoisotopic (exact) mass is 590 g/mol. The summed E-state index contributed by atoms with van der Waals surface area (Å²) in [4.78, 5) is 38.4. The van der Waals surface area contributed by atoms with Crippen LogP contribution in [-0.4, -0.2) is 75.4 Å². The van der Waals surface area contributed by atoms with Gasteiger partial charge < -0.3 is 29.7 Å². The molecule has 0 bridgehead atoms. The van der Waals surface area contributed by atoms with Crippen LogP contribution in [0.1, 0.15) is 43.4 Å². The smallest absolute Gasteiger partial charge is 0.410 e. The number of carbonyl (C=O) groups excluding carboxylic acids is 2. The molecule has 220 valence electrons. The second-order valence-electron chi connectivity index (χ2n) is 12.0. The molecule has 2 amide bonds. The molecule has 1 spiro atoms. The number of benzene rings is 1. The molecule has 5 heterocycles. The average molecular weight is 591 g/mol. The summed E-state index contributed by atoms with van der Waals surface area (Å²) in [5, 5.41) is 17.3. The number of nitrogens with one attached hydrogen (secondary N) is 1. The second kappa shape index (κ2) is 10.5. The summed E-state index contributed by atoms with van der Waals surface area (Å²) in [5.41, 5.74) is 1.12. The number of fused-ring (bicyclic) bond motifs is 1. The third kappa shape index (κ3) is 5.34. The van der Waals surface area contributed by atoms with Crippen molar-refractivity contribution in [2.24, 2.45) is 5.41 Å². The maximum absolute atomic E-state index is 13.2. The van der Waals surface area contributed by atoms with E-state index in [1.807, 2.05) is 39.0 Å². The molecule has 0 atom stereocenters. The molecule has 0 radical (unpaired) electrons. The van der Waals surface area contributed by atoms with Crippen LogP contribution < -0.4 is 15.0 Å². The van der Waals surface area contributed by atoms with Crippen LogP contribution >= 0.6 is 11.3 Å². The molecule has 1 aromatic carbocycles. The molecule has 2 aliphatic rings. The number of hydrogen-bond donors (Lipinski definition) is 2. The third-order valence-electron chi connectivity index (χ3n) is 7.85. The van der Waals surface area contributed by atoms with E-state index in [1.165, 1.54) is 11.3 Å². The van der Waals surface area contributed by atoms with Crippen LogP contribution in [0, 0.1) is 5.41 Å². The predicted octanol–water partition coefficient (Wildman–Crippen LogP) is 5.29. The summed E-state index contributed by atoms with van der Waals surface area (Å²) in [6.07, 6.45) is 6.78. The Morgan fingerprint density at radius 3 is 2.62 bits per heavy atom. The number of piperidine rings is 1. The summed E-state index contributed by atoms with van der Waals surface area (Å²) >= 11 is 1.20. The minimum atomic E-state index is -0.501. The van der Waals surface area contributed by atoms with Gasteiger partial charge in [0.15, 0.2) is 10.8 Å². The molecule has 6 rings (SSSR count). The Balaban J connectivity index is 1.11. The minimum Gasteiger partial charge on any atom is -0.497 e. The van der Waals surface area contributed by atoms with Gasteiger partial charge in [0.25, 0.3) is 5.91 Å². The topological polar surface area (TPSA) is 122 Å². The number of ether oxygens (including phenoxy) is 2. The van der Waals surface area contributed by atoms with Gasteiger partial charge in [0.1, 0.15) is 11.4 Å². The van der Waals surface area contributed by atoms with Crippen LogP contribution in [0.5, 0.6) is 11.6 Å². The number of carbonyl (C=O) groups is 2. The first-order chi connectivity index (χ1) is 20.0. The molecule has 0 aliphatic carbocycles. The average Bonchev–Trinajstić information content (AvgIpc) is 3.56. The summed E-state index contributed by atoms with van der Waals surface area (Å²) in [6.45, 7) is 8.67. The Morgan fingerprint density at radius 2 is 1.90 bits per heavy atom. The summed E-state index contributed by atoms with van der Waals surface area (Å²) < 4.78 is 12.3. The van der Waals surface area contributed by atoms with E-state index in [4.69, 9.17) is 9.47 Å². The maximum Gasteiger partial charge on any atom is 0.410 e. The number of aromatic nitrogens is 3. The molecule has 12 heteroatoms. The van der Waals surface area contributed by atoms with Crippen molar-refractivity contribution in [2.45, 2.75) is 39.2 Å². The van der Waals surface area contributed by atoms with E-state index < -0.39 is 5.60 Å². The Kier molecular flexibility index (Phi) is 6.96. The van der Waals surface area contributed by atoms with E-state index in [0.29, 0.717) is 35.7 Å². The van der Waals surface area contributed by atoms with Gasteiger partial charge >= 0.3 is 6.09 Å². The lowest BCUT2D eigenvalue weighted by molar-refractivity contribution is -0.0434. The second-order valence-corrected chi connectivity index (χ2v) is 12.8. The third-order valence-corrected chi connectivity index (χ3v) is 8.67. The number of methoxy groups -OCH3 is 1. The molecular weight excluding hydrogens is 556 g/mol. The zero-order chi connectivity index (χ0) is 29.6.